The molecule has 38 heavy (non-hydrogen) atoms. The Morgan fingerprint density at radius 1 is 0.842 bits per heavy atom. The maximum Gasteiger partial charge on any atom is 0.278 e. The SMILES string of the molecule is CC#C/C=C(C#Cc1ccc(-c2ccc(C#Cc3ccc(S)c(C)c3)cc2[N+](=O)[O-])c([N+](=O)[O-])c1)\C=C/C. The van der Waals surface area contributed by atoms with Crippen molar-refractivity contribution in [2.45, 2.75) is 25.7 Å². The van der Waals surface area contributed by atoms with Crippen molar-refractivity contribution in [2.24, 2.45) is 0 Å². The first-order valence-corrected chi connectivity index (χ1v) is 11.8. The van der Waals surface area contributed by atoms with Gasteiger partial charge in [0.05, 0.1) is 21.0 Å². The van der Waals surface area contributed by atoms with Crippen molar-refractivity contribution >= 4 is 24.0 Å². The lowest BCUT2D eigenvalue weighted by Gasteiger charge is -2.06. The summed E-state index contributed by atoms with van der Waals surface area (Å²) in [6, 6.07) is 14.3. The first-order chi connectivity index (χ1) is 18.2. The highest BCUT2D eigenvalue weighted by Gasteiger charge is 2.23. The zero-order valence-corrected chi connectivity index (χ0v) is 21.8. The fourth-order valence-electron chi connectivity index (χ4n) is 3.45. The highest BCUT2D eigenvalue weighted by Crippen LogP contribution is 2.37. The molecule has 3 aromatic carbocycles. The molecule has 0 fully saturated rings. The van der Waals surface area contributed by atoms with E-state index in [4.69, 9.17) is 0 Å². The molecule has 0 aliphatic carbocycles. The number of hydrogen-bond acceptors (Lipinski definition) is 5. The molecule has 0 radical (unpaired) electrons. The van der Waals surface area contributed by atoms with E-state index in [9.17, 15) is 20.2 Å². The second-order valence-corrected chi connectivity index (χ2v) is 8.46. The molecule has 0 aliphatic rings. The van der Waals surface area contributed by atoms with Gasteiger partial charge in [0.1, 0.15) is 0 Å². The second-order valence-electron chi connectivity index (χ2n) is 7.97. The second kappa shape index (κ2) is 12.8. The molecule has 186 valence electrons. The molecule has 0 unspecified atom stereocenters. The number of rotatable bonds is 4. The van der Waals surface area contributed by atoms with E-state index in [1.807, 2.05) is 38.1 Å². The van der Waals surface area contributed by atoms with E-state index in [2.05, 4.69) is 48.2 Å². The van der Waals surface area contributed by atoms with Crippen LogP contribution in [0.4, 0.5) is 11.4 Å². The molecule has 0 spiro atoms. The minimum Gasteiger partial charge on any atom is -0.258 e. The summed E-state index contributed by atoms with van der Waals surface area (Å²) in [4.78, 5) is 23.5. The number of aryl methyl sites for hydroxylation is 1. The maximum atomic E-state index is 11.9. The van der Waals surface area contributed by atoms with E-state index in [0.717, 1.165) is 16.0 Å². The molecule has 0 aliphatic heterocycles. The number of hydrogen-bond donors (Lipinski definition) is 1. The fourth-order valence-corrected chi connectivity index (χ4v) is 3.59. The third-order valence-corrected chi connectivity index (χ3v) is 5.80. The van der Waals surface area contributed by atoms with Gasteiger partial charge < -0.3 is 0 Å². The Kier molecular flexibility index (Phi) is 9.27. The van der Waals surface area contributed by atoms with Crippen LogP contribution < -0.4 is 0 Å². The Hall–Kier alpha value is -5.03. The summed E-state index contributed by atoms with van der Waals surface area (Å²) >= 11 is 4.35. The topological polar surface area (TPSA) is 86.3 Å². The first kappa shape index (κ1) is 27.6. The summed E-state index contributed by atoms with van der Waals surface area (Å²) < 4.78 is 0. The monoisotopic (exact) mass is 518 g/mol. The van der Waals surface area contributed by atoms with Gasteiger partial charge in [0.2, 0.25) is 0 Å². The van der Waals surface area contributed by atoms with Crippen LogP contribution in [0.5, 0.6) is 0 Å². The zero-order chi connectivity index (χ0) is 27.7. The van der Waals surface area contributed by atoms with Crippen molar-refractivity contribution in [1.29, 1.82) is 0 Å². The van der Waals surface area contributed by atoms with Gasteiger partial charge in [-0.25, -0.2) is 0 Å². The molecule has 3 rings (SSSR count). The van der Waals surface area contributed by atoms with Gasteiger partial charge in [0, 0.05) is 45.4 Å². The number of nitro benzene ring substituents is 2. The largest absolute Gasteiger partial charge is 0.278 e. The zero-order valence-electron chi connectivity index (χ0n) is 20.9. The predicted octanol–water partition coefficient (Wildman–Crippen LogP) is 7.04. The summed E-state index contributed by atoms with van der Waals surface area (Å²) in [5.41, 5.74) is 2.84. The number of nitrogens with zero attached hydrogens (tertiary/aromatic N) is 2. The summed E-state index contributed by atoms with van der Waals surface area (Å²) in [7, 11) is 0. The van der Waals surface area contributed by atoms with Gasteiger partial charge in [0.25, 0.3) is 11.4 Å². The van der Waals surface area contributed by atoms with Crippen LogP contribution in [0.1, 0.15) is 36.1 Å². The van der Waals surface area contributed by atoms with Crippen LogP contribution in [0.15, 0.2) is 83.3 Å². The van der Waals surface area contributed by atoms with E-state index in [-0.39, 0.29) is 22.5 Å². The number of thiol groups is 1. The van der Waals surface area contributed by atoms with Crippen molar-refractivity contribution in [3.05, 3.63) is 121 Å². The van der Waals surface area contributed by atoms with Crippen LogP contribution in [0.25, 0.3) is 11.1 Å². The van der Waals surface area contributed by atoms with Gasteiger partial charge in [-0.05, 0) is 68.8 Å². The fraction of sp³-hybridized carbons (Fsp3) is 0.0968. The molecule has 0 aromatic heterocycles. The molecule has 6 nitrogen and oxygen atoms in total. The third kappa shape index (κ3) is 7.02. The average molecular weight is 519 g/mol. The molecule has 0 atom stereocenters. The quantitative estimate of drug-likeness (QED) is 0.132. The minimum absolute atomic E-state index is 0.118. The molecule has 0 bridgehead atoms. The normalized spacial score (nSPS) is 10.5. The van der Waals surface area contributed by atoms with Crippen LogP contribution in [0, 0.1) is 62.7 Å². The van der Waals surface area contributed by atoms with Crippen molar-refractivity contribution in [3.63, 3.8) is 0 Å². The Bertz CT molecular complexity index is 1680. The van der Waals surface area contributed by atoms with Crippen molar-refractivity contribution in [3.8, 4) is 46.6 Å². The molecule has 0 amide bonds. The van der Waals surface area contributed by atoms with E-state index in [1.165, 1.54) is 24.3 Å². The smallest absolute Gasteiger partial charge is 0.258 e. The Morgan fingerprint density at radius 2 is 1.37 bits per heavy atom. The highest BCUT2D eigenvalue weighted by molar-refractivity contribution is 7.80. The number of benzene rings is 3. The molecule has 0 saturated carbocycles. The lowest BCUT2D eigenvalue weighted by molar-refractivity contribution is -0.386. The van der Waals surface area contributed by atoms with Crippen molar-refractivity contribution in [1.82, 2.24) is 0 Å². The van der Waals surface area contributed by atoms with Crippen LogP contribution in [0.2, 0.25) is 0 Å². The maximum absolute atomic E-state index is 11.9. The first-order valence-electron chi connectivity index (χ1n) is 11.4. The Morgan fingerprint density at radius 3 is 1.87 bits per heavy atom. The summed E-state index contributed by atoms with van der Waals surface area (Å²) in [5.74, 6) is 17.3. The Labute approximate surface area is 226 Å². The number of nitro groups is 2. The number of allylic oxidation sites excluding steroid dienone is 4. The molecule has 3 aromatic rings. The molecule has 0 saturated heterocycles. The summed E-state index contributed by atoms with van der Waals surface area (Å²) in [6.45, 7) is 5.47. The van der Waals surface area contributed by atoms with Crippen LogP contribution in [0.3, 0.4) is 0 Å². The van der Waals surface area contributed by atoms with Gasteiger partial charge in [-0.1, -0.05) is 41.8 Å². The molecular weight excluding hydrogens is 496 g/mol. The minimum atomic E-state index is -0.573. The van der Waals surface area contributed by atoms with Crippen LogP contribution >= 0.6 is 12.6 Å². The standard InChI is InChI=1S/C31H22N2O4S/c1-4-6-8-23(7-5-2)9-10-25-13-16-27(29(20-25)32(34)35)28-17-14-26(21-30(28)33(36)37)12-11-24-15-18-31(38)22(3)19-24/h5,7-8,13-21,38H,1-3H3/b7-5-,23-8+. The molecule has 0 N–H and O–H groups in total. The van der Waals surface area contributed by atoms with E-state index in [0.29, 0.717) is 16.7 Å². The van der Waals surface area contributed by atoms with Gasteiger partial charge >= 0.3 is 0 Å². The third-order valence-electron chi connectivity index (χ3n) is 5.30. The molecule has 7 heteroatoms. The molecule has 0 heterocycles. The van der Waals surface area contributed by atoms with Crippen LogP contribution in [-0.2, 0) is 0 Å². The highest BCUT2D eigenvalue weighted by atomic mass is 32.1. The average Bonchev–Trinajstić information content (AvgIpc) is 2.90. The van der Waals surface area contributed by atoms with Gasteiger partial charge in [-0.3, -0.25) is 20.2 Å². The van der Waals surface area contributed by atoms with Gasteiger partial charge in [-0.15, -0.1) is 18.5 Å². The van der Waals surface area contributed by atoms with Crippen molar-refractivity contribution in [2.75, 3.05) is 0 Å². The van der Waals surface area contributed by atoms with Gasteiger partial charge in [-0.2, -0.15) is 0 Å². The summed E-state index contributed by atoms with van der Waals surface area (Å²) in [5, 5.41) is 23.8. The van der Waals surface area contributed by atoms with Gasteiger partial charge in [0.15, 0.2) is 0 Å². The van der Waals surface area contributed by atoms with Crippen molar-refractivity contribution < 1.29 is 9.85 Å². The van der Waals surface area contributed by atoms with E-state index < -0.39 is 9.85 Å². The predicted molar refractivity (Wildman–Crippen MR) is 153 cm³/mol. The van der Waals surface area contributed by atoms with E-state index in [1.54, 1.807) is 31.2 Å². The Balaban J connectivity index is 2.05. The summed E-state index contributed by atoms with van der Waals surface area (Å²) in [6.07, 6.45) is 5.25. The van der Waals surface area contributed by atoms with Crippen LogP contribution in [-0.4, -0.2) is 9.85 Å². The lowest BCUT2D eigenvalue weighted by atomic mass is 9.98. The lowest BCUT2D eigenvalue weighted by Crippen LogP contribution is -1.97. The van der Waals surface area contributed by atoms with E-state index >= 15 is 0 Å². The molecular formula is C31H22N2O4S.